The van der Waals surface area contributed by atoms with Crippen molar-refractivity contribution in [1.29, 1.82) is 0 Å². The van der Waals surface area contributed by atoms with Crippen molar-refractivity contribution in [2.75, 3.05) is 6.61 Å². The number of aliphatic hydroxyl groups excluding tert-OH is 1. The van der Waals surface area contributed by atoms with Crippen LogP contribution >= 0.6 is 23.2 Å². The van der Waals surface area contributed by atoms with Crippen molar-refractivity contribution in [1.82, 2.24) is 23.9 Å². The summed E-state index contributed by atoms with van der Waals surface area (Å²) in [7, 11) is 0.692. The highest BCUT2D eigenvalue weighted by molar-refractivity contribution is 6.76. The molecule has 1 N–H and O–H groups in total. The number of rotatable bonds is 9. The fraction of sp³-hybridized carbons (Fsp3) is 0.483. The Kier molecular flexibility index (Phi) is 6.82. The van der Waals surface area contributed by atoms with Gasteiger partial charge < -0.3 is 19.0 Å². The predicted molar refractivity (Wildman–Crippen MR) is 160 cm³/mol. The van der Waals surface area contributed by atoms with Crippen LogP contribution < -0.4 is 5.56 Å². The molecule has 212 valence electrons. The number of aliphatic hydroxyl groups is 1. The van der Waals surface area contributed by atoms with Crippen molar-refractivity contribution < 1.29 is 9.84 Å². The van der Waals surface area contributed by atoms with E-state index in [1.807, 2.05) is 23.7 Å². The fourth-order valence-electron chi connectivity index (χ4n) is 6.37. The van der Waals surface area contributed by atoms with Crippen LogP contribution in [0.1, 0.15) is 42.8 Å². The lowest BCUT2D eigenvalue weighted by molar-refractivity contribution is 0.0853. The van der Waals surface area contributed by atoms with Crippen LogP contribution in [0.25, 0.3) is 16.6 Å². The Bertz CT molecular complexity index is 1660. The van der Waals surface area contributed by atoms with E-state index in [0.717, 1.165) is 30.3 Å². The Morgan fingerprint density at radius 1 is 1.18 bits per heavy atom. The van der Waals surface area contributed by atoms with E-state index in [9.17, 15) is 9.90 Å². The molecule has 0 aliphatic heterocycles. The molecule has 1 spiro atoms. The van der Waals surface area contributed by atoms with E-state index >= 15 is 0 Å². The minimum Gasteiger partial charge on any atom is -0.390 e. The third-order valence-corrected chi connectivity index (χ3v) is 11.1. The Morgan fingerprint density at radius 3 is 2.55 bits per heavy atom. The zero-order valence-corrected chi connectivity index (χ0v) is 25.9. The van der Waals surface area contributed by atoms with Gasteiger partial charge >= 0.3 is 0 Å². The molecule has 6 rings (SSSR count). The summed E-state index contributed by atoms with van der Waals surface area (Å²) in [6, 6.07) is 9.07. The summed E-state index contributed by atoms with van der Waals surface area (Å²) in [4.78, 5) is 14.1. The molecule has 1 aromatic carbocycles. The van der Waals surface area contributed by atoms with E-state index in [4.69, 9.17) is 27.9 Å². The summed E-state index contributed by atoms with van der Waals surface area (Å²) in [5.41, 5.74) is 2.46. The molecule has 0 bridgehead atoms. The van der Waals surface area contributed by atoms with Crippen LogP contribution in [0.3, 0.4) is 0 Å². The molecule has 3 heterocycles. The molecule has 3 aromatic heterocycles. The molecule has 0 saturated heterocycles. The van der Waals surface area contributed by atoms with Gasteiger partial charge in [0.05, 0.1) is 27.8 Å². The molecule has 2 aliphatic carbocycles. The van der Waals surface area contributed by atoms with E-state index in [-0.39, 0.29) is 29.3 Å². The minimum absolute atomic E-state index is 0.108. The SMILES string of the molecule is Cn1cnnc1C1(c2cccc(-n3cc(Cl)c4c(Cl)c(CO)n(COCC[Si](C)(C)C)c4c3=O)c2)CC2(CC2)C1. The van der Waals surface area contributed by atoms with Gasteiger partial charge in [0.2, 0.25) is 0 Å². The van der Waals surface area contributed by atoms with E-state index < -0.39 is 8.07 Å². The average molecular weight is 601 g/mol. The molecule has 11 heteroatoms. The first-order valence-electron chi connectivity index (χ1n) is 13.7. The maximum Gasteiger partial charge on any atom is 0.279 e. The summed E-state index contributed by atoms with van der Waals surface area (Å²) in [5, 5.41) is 19.9. The second-order valence-corrected chi connectivity index (χ2v) is 19.2. The van der Waals surface area contributed by atoms with E-state index in [0.29, 0.717) is 39.3 Å². The lowest BCUT2D eigenvalue weighted by Gasteiger charge is -2.48. The number of ether oxygens (including phenoxy) is 1. The maximum atomic E-state index is 14.1. The number of halogens is 2. The Labute approximate surface area is 244 Å². The van der Waals surface area contributed by atoms with Gasteiger partial charge in [-0.1, -0.05) is 55.0 Å². The number of aryl methyl sites for hydroxylation is 1. The van der Waals surface area contributed by atoms with Gasteiger partial charge in [0.1, 0.15) is 24.4 Å². The second kappa shape index (κ2) is 9.84. The number of pyridine rings is 1. The van der Waals surface area contributed by atoms with Gasteiger partial charge in [-0.05, 0) is 54.8 Å². The van der Waals surface area contributed by atoms with Gasteiger partial charge in [-0.3, -0.25) is 9.36 Å². The molecule has 2 aliphatic rings. The van der Waals surface area contributed by atoms with Crippen LogP contribution in [0.2, 0.25) is 35.7 Å². The normalized spacial score (nSPS) is 17.5. The number of fused-ring (bicyclic) bond motifs is 1. The molecular formula is C29H35Cl2N5O3Si. The third-order valence-electron chi connectivity index (χ3n) is 8.70. The lowest BCUT2D eigenvalue weighted by Crippen LogP contribution is -2.45. The Balaban J connectivity index is 1.43. The summed E-state index contributed by atoms with van der Waals surface area (Å²) in [5.74, 6) is 0.951. The van der Waals surface area contributed by atoms with Gasteiger partial charge in [0.15, 0.2) is 0 Å². The first-order valence-corrected chi connectivity index (χ1v) is 18.2. The van der Waals surface area contributed by atoms with Gasteiger partial charge in [-0.15, -0.1) is 10.2 Å². The number of hydrogen-bond donors (Lipinski definition) is 1. The number of nitrogens with zero attached hydrogens (tertiary/aromatic N) is 5. The number of aromatic nitrogens is 5. The Morgan fingerprint density at radius 2 is 1.93 bits per heavy atom. The molecule has 0 atom stereocenters. The largest absolute Gasteiger partial charge is 0.390 e. The third kappa shape index (κ3) is 4.56. The lowest BCUT2D eigenvalue weighted by atomic mass is 9.56. The van der Waals surface area contributed by atoms with Crippen LogP contribution in [0.15, 0.2) is 41.6 Å². The smallest absolute Gasteiger partial charge is 0.279 e. The summed E-state index contributed by atoms with van der Waals surface area (Å²) in [6.45, 7) is 7.20. The molecule has 2 fully saturated rings. The van der Waals surface area contributed by atoms with Crippen molar-refractivity contribution in [3.8, 4) is 5.69 Å². The molecular weight excluding hydrogens is 565 g/mol. The zero-order chi connectivity index (χ0) is 28.4. The number of hydrogen-bond acceptors (Lipinski definition) is 5. The highest BCUT2D eigenvalue weighted by atomic mass is 35.5. The standard InChI is InChI=1S/C29H35Cl2N5O3Si/c1-34-17-32-33-27(34)29(15-28(16-29)8-9-28)19-6-5-7-20(12-19)35-13-21(30)23-24(31)22(14-37)36(25(23)26(35)38)18-39-10-11-40(2,3)4/h5-7,12-13,17,37H,8-11,14-16,18H2,1-4H3. The van der Waals surface area contributed by atoms with Crippen LogP contribution in [-0.2, 0) is 30.5 Å². The average Bonchev–Trinajstić information content (AvgIpc) is 3.47. The molecule has 0 radical (unpaired) electrons. The van der Waals surface area contributed by atoms with E-state index in [2.05, 4.69) is 42.0 Å². The summed E-state index contributed by atoms with van der Waals surface area (Å²) >= 11 is 13.4. The Hall–Kier alpha value is -2.43. The van der Waals surface area contributed by atoms with Crippen LogP contribution in [0.5, 0.6) is 0 Å². The molecule has 0 unspecified atom stereocenters. The highest BCUT2D eigenvalue weighted by Gasteiger charge is 2.63. The van der Waals surface area contributed by atoms with Crippen LogP contribution in [-0.4, -0.2) is 43.7 Å². The van der Waals surface area contributed by atoms with Crippen molar-refractivity contribution in [3.05, 3.63) is 74.3 Å². The summed E-state index contributed by atoms with van der Waals surface area (Å²) < 4.78 is 11.2. The van der Waals surface area contributed by atoms with Gasteiger partial charge in [-0.2, -0.15) is 0 Å². The first kappa shape index (κ1) is 27.7. The maximum absolute atomic E-state index is 14.1. The van der Waals surface area contributed by atoms with Crippen molar-refractivity contribution >= 4 is 42.2 Å². The second-order valence-electron chi connectivity index (χ2n) is 12.8. The van der Waals surface area contributed by atoms with Gasteiger partial charge in [0.25, 0.3) is 5.56 Å². The molecule has 8 nitrogen and oxygen atoms in total. The predicted octanol–water partition coefficient (Wildman–Crippen LogP) is 5.89. The fourth-order valence-corrected chi connectivity index (χ4v) is 7.81. The minimum atomic E-state index is -1.29. The van der Waals surface area contributed by atoms with Gasteiger partial charge in [0, 0.05) is 39.0 Å². The van der Waals surface area contributed by atoms with Crippen molar-refractivity contribution in [2.24, 2.45) is 12.5 Å². The molecule has 4 aromatic rings. The topological polar surface area (TPSA) is 87.1 Å². The van der Waals surface area contributed by atoms with Crippen molar-refractivity contribution in [3.63, 3.8) is 0 Å². The molecule has 0 amide bonds. The van der Waals surface area contributed by atoms with E-state index in [1.165, 1.54) is 12.8 Å². The molecule has 2 saturated carbocycles. The van der Waals surface area contributed by atoms with Gasteiger partial charge in [-0.25, -0.2) is 0 Å². The number of benzene rings is 1. The monoisotopic (exact) mass is 599 g/mol. The van der Waals surface area contributed by atoms with Crippen LogP contribution in [0, 0.1) is 5.41 Å². The first-order chi connectivity index (χ1) is 19.0. The quantitative estimate of drug-likeness (QED) is 0.191. The molecule has 40 heavy (non-hydrogen) atoms. The highest BCUT2D eigenvalue weighted by Crippen LogP contribution is 2.70. The zero-order valence-electron chi connectivity index (χ0n) is 23.4. The summed E-state index contributed by atoms with van der Waals surface area (Å²) in [6.07, 6.45) is 7.92. The van der Waals surface area contributed by atoms with E-state index in [1.54, 1.807) is 21.7 Å². The van der Waals surface area contributed by atoms with Crippen molar-refractivity contribution in [2.45, 2.75) is 70.1 Å². The van der Waals surface area contributed by atoms with Crippen LogP contribution in [0.4, 0.5) is 0 Å².